The average Bonchev–Trinajstić information content (AvgIpc) is 2.51. The molecule has 2 nitrogen and oxygen atoms in total. The second-order valence-corrected chi connectivity index (χ2v) is 5.25. The van der Waals surface area contributed by atoms with Gasteiger partial charge in [0.25, 0.3) is 0 Å². The van der Waals surface area contributed by atoms with Gasteiger partial charge in [0.1, 0.15) is 5.82 Å². The van der Waals surface area contributed by atoms with Crippen LogP contribution in [0.1, 0.15) is 5.56 Å². The maximum Gasteiger partial charge on any atom is 0.126 e. The lowest BCUT2D eigenvalue weighted by Gasteiger charge is -2.29. The van der Waals surface area contributed by atoms with Crippen LogP contribution in [0.2, 0.25) is 0 Å². The largest absolute Gasteiger partial charge is 0.369 e. The Kier molecular flexibility index (Phi) is 3.70. The van der Waals surface area contributed by atoms with Crippen molar-refractivity contribution in [2.75, 3.05) is 31.1 Å². The average molecular weight is 270 g/mol. The van der Waals surface area contributed by atoms with Crippen molar-refractivity contribution in [1.82, 2.24) is 5.32 Å². The quantitative estimate of drug-likeness (QED) is 0.901. The van der Waals surface area contributed by atoms with Gasteiger partial charge in [0.05, 0.1) is 0 Å². The van der Waals surface area contributed by atoms with Gasteiger partial charge in [-0.3, -0.25) is 0 Å². The fraction of sp³-hybridized carbons (Fsp3) is 0.294. The number of aryl methyl sites for hydroxylation is 1. The first kappa shape index (κ1) is 13.1. The van der Waals surface area contributed by atoms with E-state index in [9.17, 15) is 4.39 Å². The molecule has 0 unspecified atom stereocenters. The molecule has 3 rings (SSSR count). The molecule has 1 saturated heterocycles. The van der Waals surface area contributed by atoms with Crippen LogP contribution in [0.3, 0.4) is 0 Å². The fourth-order valence-electron chi connectivity index (χ4n) is 2.63. The predicted octanol–water partition coefficient (Wildman–Crippen LogP) is 3.21. The number of anilines is 1. The number of halogens is 1. The molecule has 0 aliphatic carbocycles. The highest BCUT2D eigenvalue weighted by atomic mass is 19.1. The lowest BCUT2D eigenvalue weighted by Crippen LogP contribution is -2.43. The third-order valence-corrected chi connectivity index (χ3v) is 3.82. The van der Waals surface area contributed by atoms with Gasteiger partial charge in [0.15, 0.2) is 0 Å². The molecule has 1 fully saturated rings. The van der Waals surface area contributed by atoms with Gasteiger partial charge >= 0.3 is 0 Å². The van der Waals surface area contributed by atoms with Gasteiger partial charge in [-0.15, -0.1) is 0 Å². The molecule has 0 amide bonds. The Morgan fingerprint density at radius 1 is 1.00 bits per heavy atom. The first-order chi connectivity index (χ1) is 9.74. The van der Waals surface area contributed by atoms with Crippen LogP contribution >= 0.6 is 0 Å². The van der Waals surface area contributed by atoms with E-state index >= 15 is 0 Å². The summed E-state index contributed by atoms with van der Waals surface area (Å²) >= 11 is 0. The maximum absolute atomic E-state index is 13.4. The number of hydrogen-bond acceptors (Lipinski definition) is 2. The van der Waals surface area contributed by atoms with Crippen molar-refractivity contribution in [3.05, 3.63) is 53.8 Å². The summed E-state index contributed by atoms with van der Waals surface area (Å²) in [5.41, 5.74) is 4.14. The van der Waals surface area contributed by atoms with Crippen molar-refractivity contribution < 1.29 is 4.39 Å². The van der Waals surface area contributed by atoms with Crippen LogP contribution in [-0.2, 0) is 0 Å². The van der Waals surface area contributed by atoms with Crippen LogP contribution < -0.4 is 10.2 Å². The standard InChI is InChI=1S/C17H19FN2/c1-13-11-15(5-6-17(13)18)14-3-2-4-16(12-14)20-9-7-19-8-10-20/h2-6,11-12,19H,7-10H2,1H3. The fourth-order valence-corrected chi connectivity index (χ4v) is 2.63. The minimum Gasteiger partial charge on any atom is -0.369 e. The van der Waals surface area contributed by atoms with Crippen molar-refractivity contribution in [3.63, 3.8) is 0 Å². The van der Waals surface area contributed by atoms with Crippen LogP contribution in [-0.4, -0.2) is 26.2 Å². The summed E-state index contributed by atoms with van der Waals surface area (Å²) in [4.78, 5) is 2.39. The third kappa shape index (κ3) is 2.68. The summed E-state index contributed by atoms with van der Waals surface area (Å²) < 4.78 is 13.4. The summed E-state index contributed by atoms with van der Waals surface area (Å²) in [5, 5.41) is 3.36. The van der Waals surface area contributed by atoms with Gasteiger partial charge in [-0.1, -0.05) is 18.2 Å². The molecule has 0 radical (unpaired) electrons. The lowest BCUT2D eigenvalue weighted by atomic mass is 10.0. The van der Waals surface area contributed by atoms with Gasteiger partial charge in [-0.2, -0.15) is 0 Å². The SMILES string of the molecule is Cc1cc(-c2cccc(N3CCNCC3)c2)ccc1F. The van der Waals surface area contributed by atoms with Gasteiger partial charge in [-0.05, 0) is 47.9 Å². The summed E-state index contributed by atoms with van der Waals surface area (Å²) in [6.45, 7) is 5.93. The molecule has 1 aliphatic heterocycles. The van der Waals surface area contributed by atoms with E-state index in [0.717, 1.165) is 37.3 Å². The molecule has 20 heavy (non-hydrogen) atoms. The van der Waals surface area contributed by atoms with Crippen LogP contribution in [0.15, 0.2) is 42.5 Å². The first-order valence-electron chi connectivity index (χ1n) is 7.06. The van der Waals surface area contributed by atoms with Gasteiger partial charge in [0, 0.05) is 31.9 Å². The highest BCUT2D eigenvalue weighted by Crippen LogP contribution is 2.26. The third-order valence-electron chi connectivity index (χ3n) is 3.82. The van der Waals surface area contributed by atoms with E-state index in [1.165, 1.54) is 5.69 Å². The van der Waals surface area contributed by atoms with Gasteiger partial charge in [-0.25, -0.2) is 4.39 Å². The lowest BCUT2D eigenvalue weighted by molar-refractivity contribution is 0.589. The van der Waals surface area contributed by atoms with Crippen LogP contribution in [0.5, 0.6) is 0 Å². The molecule has 2 aromatic rings. The van der Waals surface area contributed by atoms with Crippen molar-refractivity contribution >= 4 is 5.69 Å². The van der Waals surface area contributed by atoms with Crippen LogP contribution in [0.4, 0.5) is 10.1 Å². The minimum atomic E-state index is -0.146. The highest BCUT2D eigenvalue weighted by Gasteiger charge is 2.11. The number of nitrogens with one attached hydrogen (secondary N) is 1. The Morgan fingerprint density at radius 3 is 2.50 bits per heavy atom. The number of rotatable bonds is 2. The molecule has 0 aromatic heterocycles. The molecular weight excluding hydrogens is 251 g/mol. The number of benzene rings is 2. The van der Waals surface area contributed by atoms with Crippen LogP contribution in [0.25, 0.3) is 11.1 Å². The van der Waals surface area contributed by atoms with E-state index in [-0.39, 0.29) is 5.82 Å². The number of piperazine rings is 1. The topological polar surface area (TPSA) is 15.3 Å². The number of nitrogens with zero attached hydrogens (tertiary/aromatic N) is 1. The molecule has 1 aliphatic rings. The monoisotopic (exact) mass is 270 g/mol. The van der Waals surface area contributed by atoms with E-state index in [4.69, 9.17) is 0 Å². The first-order valence-corrected chi connectivity index (χ1v) is 7.06. The van der Waals surface area contributed by atoms with Gasteiger partial charge < -0.3 is 10.2 Å². The highest BCUT2D eigenvalue weighted by molar-refractivity contribution is 5.69. The zero-order valence-corrected chi connectivity index (χ0v) is 11.7. The van der Waals surface area contributed by atoms with E-state index in [1.807, 2.05) is 12.1 Å². The summed E-state index contributed by atoms with van der Waals surface area (Å²) in [5.74, 6) is -0.146. The van der Waals surface area contributed by atoms with E-state index in [2.05, 4.69) is 34.5 Å². The minimum absolute atomic E-state index is 0.146. The Bertz CT molecular complexity index is 604. The van der Waals surface area contributed by atoms with Crippen LogP contribution in [0, 0.1) is 12.7 Å². The molecule has 3 heteroatoms. The van der Waals surface area contributed by atoms with Crippen molar-refractivity contribution in [2.45, 2.75) is 6.92 Å². The summed E-state index contributed by atoms with van der Waals surface area (Å²) in [7, 11) is 0. The Morgan fingerprint density at radius 2 is 1.75 bits per heavy atom. The van der Waals surface area contributed by atoms with E-state index < -0.39 is 0 Å². The van der Waals surface area contributed by atoms with E-state index in [0.29, 0.717) is 5.56 Å². The molecular formula is C17H19FN2. The zero-order chi connectivity index (χ0) is 13.9. The molecule has 0 saturated carbocycles. The normalized spacial score (nSPS) is 15.4. The molecule has 0 spiro atoms. The molecule has 0 bridgehead atoms. The smallest absolute Gasteiger partial charge is 0.126 e. The van der Waals surface area contributed by atoms with E-state index in [1.54, 1.807) is 13.0 Å². The van der Waals surface area contributed by atoms with Crippen molar-refractivity contribution in [3.8, 4) is 11.1 Å². The maximum atomic E-state index is 13.4. The Hall–Kier alpha value is -1.87. The summed E-state index contributed by atoms with van der Waals surface area (Å²) in [6.07, 6.45) is 0. The van der Waals surface area contributed by atoms with Crippen molar-refractivity contribution in [2.24, 2.45) is 0 Å². The number of hydrogen-bond donors (Lipinski definition) is 1. The second-order valence-electron chi connectivity index (χ2n) is 5.25. The molecule has 0 atom stereocenters. The predicted molar refractivity (Wildman–Crippen MR) is 81.7 cm³/mol. The van der Waals surface area contributed by atoms with Crippen molar-refractivity contribution in [1.29, 1.82) is 0 Å². The zero-order valence-electron chi connectivity index (χ0n) is 11.7. The molecule has 104 valence electrons. The molecule has 1 N–H and O–H groups in total. The molecule has 1 heterocycles. The molecule has 2 aromatic carbocycles. The Labute approximate surface area is 119 Å². The Balaban J connectivity index is 1.91. The summed E-state index contributed by atoms with van der Waals surface area (Å²) in [6, 6.07) is 13.8. The second kappa shape index (κ2) is 5.63. The van der Waals surface area contributed by atoms with Gasteiger partial charge in [0.2, 0.25) is 0 Å².